The number of nitrogens with one attached hydrogen (secondary N) is 2. The van der Waals surface area contributed by atoms with Crippen LogP contribution in [0, 0.1) is 12.8 Å². The van der Waals surface area contributed by atoms with Gasteiger partial charge in [0.2, 0.25) is 21.8 Å². The third-order valence-corrected chi connectivity index (χ3v) is 11.7. The maximum absolute atomic E-state index is 14.0. The average Bonchev–Trinajstić information content (AvgIpc) is 3.59. The highest BCUT2D eigenvalue weighted by atomic mass is 35.5. The highest BCUT2D eigenvalue weighted by Gasteiger charge is 2.41. The van der Waals surface area contributed by atoms with Gasteiger partial charge in [0, 0.05) is 60.8 Å². The Hall–Kier alpha value is -3.65. The molecule has 0 saturated carbocycles. The van der Waals surface area contributed by atoms with Crippen LogP contribution in [0.25, 0.3) is 10.9 Å². The van der Waals surface area contributed by atoms with E-state index in [1.54, 1.807) is 6.07 Å². The number of hydrazone groups is 1. The number of fused-ring (bicyclic) bond motifs is 1. The summed E-state index contributed by atoms with van der Waals surface area (Å²) in [5, 5.41) is 10.4. The van der Waals surface area contributed by atoms with Crippen LogP contribution in [0.15, 0.2) is 52.5 Å². The first-order valence-electron chi connectivity index (χ1n) is 16.1. The van der Waals surface area contributed by atoms with Crippen molar-refractivity contribution in [2.24, 2.45) is 16.9 Å². The Balaban J connectivity index is 1.19. The number of carbonyl (C=O) groups is 2. The lowest BCUT2D eigenvalue weighted by Crippen LogP contribution is -2.48. The molecule has 0 bridgehead atoms. The molecule has 4 N–H and O–H groups in total. The second kappa shape index (κ2) is 16.2. The highest BCUT2D eigenvalue weighted by Crippen LogP contribution is 2.36. The fourth-order valence-corrected chi connectivity index (χ4v) is 8.69. The molecule has 15 heteroatoms. The van der Waals surface area contributed by atoms with Crippen molar-refractivity contribution < 1.29 is 22.7 Å². The quantitative estimate of drug-likeness (QED) is 0.0780. The molecule has 2 amide bonds. The van der Waals surface area contributed by atoms with Crippen molar-refractivity contribution in [1.82, 2.24) is 24.8 Å². The molecule has 0 spiro atoms. The van der Waals surface area contributed by atoms with Crippen LogP contribution in [0.1, 0.15) is 49.8 Å². The summed E-state index contributed by atoms with van der Waals surface area (Å²) in [6.45, 7) is 4.29. The number of nitrogens with zero attached hydrogens (tertiary/aromatic N) is 4. The van der Waals surface area contributed by atoms with E-state index in [9.17, 15) is 18.0 Å². The summed E-state index contributed by atoms with van der Waals surface area (Å²) < 4.78 is 35.2. The zero-order valence-electron chi connectivity index (χ0n) is 26.8. The molecule has 12 nitrogen and oxygen atoms in total. The summed E-state index contributed by atoms with van der Waals surface area (Å²) in [4.78, 5) is 32.2. The Bertz CT molecular complexity index is 1770. The molecule has 258 valence electrons. The summed E-state index contributed by atoms with van der Waals surface area (Å²) >= 11 is 13.2. The number of halogens is 2. The molecule has 3 heterocycles. The third-order valence-electron chi connectivity index (χ3n) is 8.85. The maximum atomic E-state index is 14.0. The van der Waals surface area contributed by atoms with Gasteiger partial charge < -0.3 is 26.1 Å². The molecule has 0 radical (unpaired) electrons. The number of aryl methyl sites for hydroxylation is 1. The molecule has 2 fully saturated rings. The van der Waals surface area contributed by atoms with Gasteiger partial charge in [0.25, 0.3) is 0 Å². The lowest BCUT2D eigenvalue weighted by Gasteiger charge is -2.32. The largest absolute Gasteiger partial charge is 0.487 e. The first-order chi connectivity index (χ1) is 23.1. The molecule has 0 unspecified atom stereocenters. The van der Waals surface area contributed by atoms with Crippen LogP contribution in [0.2, 0.25) is 10.0 Å². The SMILES string of the molecule is Cc1ccc2cccc(OCc3c(Cl)ccc(S(=O)(=O)N4CCC[C@H]4C(=O)NCC4CCN(C(=O)CCCNC=NN)CC4)c3Cl)c2n1. The normalized spacial score (nSPS) is 17.6. The summed E-state index contributed by atoms with van der Waals surface area (Å²) in [5.41, 5.74) is 1.84. The molecular formula is C33H41Cl2N7O5S. The van der Waals surface area contributed by atoms with Gasteiger partial charge in [0.15, 0.2) is 0 Å². The van der Waals surface area contributed by atoms with E-state index in [-0.39, 0.29) is 45.8 Å². The number of pyridine rings is 1. The van der Waals surface area contributed by atoms with Crippen LogP contribution in [0.4, 0.5) is 0 Å². The van der Waals surface area contributed by atoms with E-state index >= 15 is 0 Å². The van der Waals surface area contributed by atoms with Crippen LogP contribution < -0.4 is 21.2 Å². The van der Waals surface area contributed by atoms with E-state index in [2.05, 4.69) is 20.7 Å². The molecule has 2 aliphatic heterocycles. The summed E-state index contributed by atoms with van der Waals surface area (Å²) in [6.07, 6.45) is 4.98. The molecule has 1 atom stereocenters. The van der Waals surface area contributed by atoms with Gasteiger partial charge in [0.1, 0.15) is 35.1 Å². The minimum absolute atomic E-state index is 0.0418. The zero-order valence-corrected chi connectivity index (χ0v) is 29.2. The predicted octanol–water partition coefficient (Wildman–Crippen LogP) is 4.21. The number of amides is 2. The number of piperidine rings is 1. The van der Waals surface area contributed by atoms with Gasteiger partial charge in [-0.15, -0.1) is 0 Å². The first-order valence-corrected chi connectivity index (χ1v) is 18.3. The van der Waals surface area contributed by atoms with Crippen LogP contribution in [-0.4, -0.2) is 79.5 Å². The Morgan fingerprint density at radius 2 is 1.90 bits per heavy atom. The lowest BCUT2D eigenvalue weighted by atomic mass is 9.96. The highest BCUT2D eigenvalue weighted by molar-refractivity contribution is 7.89. The van der Waals surface area contributed by atoms with Crippen LogP contribution in [-0.2, 0) is 26.2 Å². The Morgan fingerprint density at radius 1 is 1.10 bits per heavy atom. The predicted molar refractivity (Wildman–Crippen MR) is 186 cm³/mol. The second-order valence-electron chi connectivity index (χ2n) is 12.1. The number of hydrogen-bond donors (Lipinski definition) is 3. The third kappa shape index (κ3) is 8.31. The molecule has 3 aromatic rings. The number of benzene rings is 2. The number of hydrogen-bond acceptors (Lipinski definition) is 8. The molecule has 2 aromatic carbocycles. The number of ether oxygens (including phenoxy) is 1. The minimum Gasteiger partial charge on any atom is -0.487 e. The standard InChI is InChI=1S/C33H41Cl2N7O5S/c1-22-9-10-24-5-2-7-28(32(24)40-22)47-20-25-26(34)11-12-29(31(25)35)48(45,46)42-16-4-6-27(42)33(44)38-19-23-13-17-41(18-14-23)30(43)8-3-15-37-21-39-36/h2,5,7,9-12,21,23,27H,3-4,6,8,13-20,36H2,1H3,(H,37,39)(H,38,44)/t27-/m0/s1. The van der Waals surface area contributed by atoms with Crippen molar-refractivity contribution in [3.05, 3.63) is 63.8 Å². The van der Waals surface area contributed by atoms with Crippen molar-refractivity contribution in [3.8, 4) is 5.75 Å². The molecule has 5 rings (SSSR count). The van der Waals surface area contributed by atoms with E-state index < -0.39 is 16.1 Å². The van der Waals surface area contributed by atoms with Gasteiger partial charge in [-0.1, -0.05) is 41.4 Å². The van der Waals surface area contributed by atoms with E-state index in [4.69, 9.17) is 33.8 Å². The number of aromatic nitrogens is 1. The van der Waals surface area contributed by atoms with Crippen molar-refractivity contribution in [3.63, 3.8) is 0 Å². The van der Waals surface area contributed by atoms with E-state index in [0.29, 0.717) is 68.7 Å². The van der Waals surface area contributed by atoms with Crippen molar-refractivity contribution in [2.75, 3.05) is 32.7 Å². The topological polar surface area (TPSA) is 159 Å². The van der Waals surface area contributed by atoms with Crippen LogP contribution in [0.3, 0.4) is 0 Å². The van der Waals surface area contributed by atoms with Crippen LogP contribution >= 0.6 is 23.2 Å². The first kappa shape index (κ1) is 35.7. The van der Waals surface area contributed by atoms with Gasteiger partial charge in [-0.25, -0.2) is 13.4 Å². The van der Waals surface area contributed by atoms with Gasteiger partial charge >= 0.3 is 0 Å². The number of nitrogens with two attached hydrogens (primary N) is 1. The van der Waals surface area contributed by atoms with E-state index in [0.717, 1.165) is 23.9 Å². The van der Waals surface area contributed by atoms with Gasteiger partial charge in [0.05, 0.1) is 5.02 Å². The van der Waals surface area contributed by atoms with E-state index in [1.165, 1.54) is 22.8 Å². The Labute approximate surface area is 291 Å². The fourth-order valence-electron chi connectivity index (χ4n) is 6.17. The van der Waals surface area contributed by atoms with Crippen molar-refractivity contribution in [1.29, 1.82) is 0 Å². The summed E-state index contributed by atoms with van der Waals surface area (Å²) in [6, 6.07) is 11.4. The van der Waals surface area contributed by atoms with Crippen molar-refractivity contribution in [2.45, 2.75) is 63.0 Å². The molecule has 2 aliphatic rings. The Kier molecular flexibility index (Phi) is 12.0. The summed E-state index contributed by atoms with van der Waals surface area (Å²) in [7, 11) is -4.15. The molecule has 0 aliphatic carbocycles. The van der Waals surface area contributed by atoms with Gasteiger partial charge in [-0.2, -0.15) is 9.41 Å². The fraction of sp³-hybridized carbons (Fsp3) is 0.455. The number of carbonyl (C=O) groups excluding carboxylic acids is 2. The van der Waals surface area contributed by atoms with Gasteiger partial charge in [-0.3, -0.25) is 9.59 Å². The average molecular weight is 719 g/mol. The lowest BCUT2D eigenvalue weighted by molar-refractivity contribution is -0.133. The Morgan fingerprint density at radius 3 is 2.67 bits per heavy atom. The number of rotatable bonds is 13. The zero-order chi connectivity index (χ0) is 34.3. The van der Waals surface area contributed by atoms with Crippen LogP contribution in [0.5, 0.6) is 5.75 Å². The molecule has 2 saturated heterocycles. The smallest absolute Gasteiger partial charge is 0.245 e. The van der Waals surface area contributed by atoms with E-state index in [1.807, 2.05) is 36.1 Å². The van der Waals surface area contributed by atoms with Crippen molar-refractivity contribution >= 4 is 62.3 Å². The summed E-state index contributed by atoms with van der Waals surface area (Å²) in [5.74, 6) is 5.53. The molecule has 1 aromatic heterocycles. The maximum Gasteiger partial charge on any atom is 0.245 e. The van der Waals surface area contributed by atoms with Gasteiger partial charge in [-0.05, 0) is 69.2 Å². The second-order valence-corrected chi connectivity index (χ2v) is 14.7. The molecular weight excluding hydrogens is 677 g/mol. The number of likely N-dealkylation sites (tertiary alicyclic amines) is 1. The minimum atomic E-state index is -4.15. The monoisotopic (exact) mass is 717 g/mol. The molecule has 48 heavy (non-hydrogen) atoms. The number of sulfonamides is 1. The number of para-hydroxylation sites is 1.